The second kappa shape index (κ2) is 15.9. The van der Waals surface area contributed by atoms with Crippen LogP contribution < -0.4 is 0 Å². The maximum absolute atomic E-state index is 8.25. The molecule has 0 heterocycles. The molecular formula is H3BrClINO3-. The van der Waals surface area contributed by atoms with Crippen LogP contribution in [-0.2, 0) is 0 Å². The SMILES string of the molecule is Br.Cl.I.O=[N+]([O-])[O-]. The zero-order valence-corrected chi connectivity index (χ0v) is 7.76. The van der Waals surface area contributed by atoms with E-state index in [0.29, 0.717) is 0 Å². The summed E-state index contributed by atoms with van der Waals surface area (Å²) in [4.78, 5) is 8.25. The van der Waals surface area contributed by atoms with Gasteiger partial charge in [-0.25, -0.2) is 0 Å². The first-order valence-corrected chi connectivity index (χ1v) is 0.548. The van der Waals surface area contributed by atoms with Crippen LogP contribution in [0.1, 0.15) is 0 Å². The van der Waals surface area contributed by atoms with Crippen molar-refractivity contribution in [1.82, 2.24) is 0 Å². The van der Waals surface area contributed by atoms with Gasteiger partial charge in [0.2, 0.25) is 0 Å². The average Bonchev–Trinajstić information content (AvgIpc) is 0.811. The first-order chi connectivity index (χ1) is 1.73. The molecule has 0 N–H and O–H groups in total. The average molecular weight is 307 g/mol. The van der Waals surface area contributed by atoms with Crippen molar-refractivity contribution in [2.75, 3.05) is 0 Å². The summed E-state index contributed by atoms with van der Waals surface area (Å²) in [7, 11) is 0. The monoisotopic (exact) mass is 306 g/mol. The lowest BCUT2D eigenvalue weighted by molar-refractivity contribution is -0.402. The first kappa shape index (κ1) is 25.2. The molecule has 0 radical (unpaired) electrons. The van der Waals surface area contributed by atoms with Crippen LogP contribution in [0.3, 0.4) is 0 Å². The molecule has 0 aromatic carbocycles. The Bertz CT molecular complexity index is 37.9. The van der Waals surface area contributed by atoms with Crippen molar-refractivity contribution in [1.29, 1.82) is 0 Å². The van der Waals surface area contributed by atoms with Gasteiger partial charge in [0.05, 0.1) is 5.09 Å². The van der Waals surface area contributed by atoms with Crippen LogP contribution in [0.4, 0.5) is 0 Å². The highest BCUT2D eigenvalue weighted by Crippen LogP contribution is 1.44. The molecule has 0 aliphatic heterocycles. The number of rotatable bonds is 0. The fourth-order valence-electron chi connectivity index (χ4n) is 0. The predicted octanol–water partition coefficient (Wildman–Crippen LogP) is 1.38. The standard InChI is InChI=1S/BrH.ClH.HI.NO3/c;;;2-1(3)4/h3*1H;/q;;;-1. The molecule has 0 spiro atoms. The summed E-state index contributed by atoms with van der Waals surface area (Å²) >= 11 is 0. The topological polar surface area (TPSA) is 66.2 Å². The Morgan fingerprint density at radius 1 is 1.29 bits per heavy atom. The quantitative estimate of drug-likeness (QED) is 0.386. The number of hydrogen-bond acceptors (Lipinski definition) is 3. The van der Waals surface area contributed by atoms with E-state index in [9.17, 15) is 0 Å². The summed E-state index contributed by atoms with van der Waals surface area (Å²) in [5.41, 5.74) is 0. The third-order valence-electron chi connectivity index (χ3n) is 0. The molecule has 0 saturated carbocycles. The van der Waals surface area contributed by atoms with Crippen molar-refractivity contribution in [3.05, 3.63) is 15.3 Å². The van der Waals surface area contributed by atoms with Crippen molar-refractivity contribution in [2.45, 2.75) is 0 Å². The predicted molar refractivity (Wildman–Crippen MR) is 43.3 cm³/mol. The van der Waals surface area contributed by atoms with E-state index in [0.717, 1.165) is 0 Å². The van der Waals surface area contributed by atoms with Gasteiger partial charge in [-0.15, -0.1) is 53.4 Å². The minimum atomic E-state index is -1.75. The van der Waals surface area contributed by atoms with E-state index in [-0.39, 0.29) is 53.4 Å². The van der Waals surface area contributed by atoms with Gasteiger partial charge in [-0.1, -0.05) is 0 Å². The van der Waals surface area contributed by atoms with Crippen LogP contribution >= 0.6 is 53.4 Å². The molecule has 0 rings (SSSR count). The first-order valence-electron chi connectivity index (χ1n) is 0.548. The molecule has 0 amide bonds. The van der Waals surface area contributed by atoms with Gasteiger partial charge in [0.1, 0.15) is 0 Å². The summed E-state index contributed by atoms with van der Waals surface area (Å²) in [6, 6.07) is 0. The van der Waals surface area contributed by atoms with Crippen molar-refractivity contribution in [3.8, 4) is 0 Å². The van der Waals surface area contributed by atoms with E-state index < -0.39 is 5.09 Å². The highest BCUT2D eigenvalue weighted by Gasteiger charge is 1.45. The second-order valence-electron chi connectivity index (χ2n) is 0.224. The van der Waals surface area contributed by atoms with Crippen molar-refractivity contribution in [3.63, 3.8) is 0 Å². The highest BCUT2D eigenvalue weighted by molar-refractivity contribution is 14.0. The van der Waals surface area contributed by atoms with Crippen molar-refractivity contribution >= 4 is 53.4 Å². The minimum Gasteiger partial charge on any atom is -0.356 e. The minimum absolute atomic E-state index is 0. The lowest BCUT2D eigenvalue weighted by Gasteiger charge is -1.74. The summed E-state index contributed by atoms with van der Waals surface area (Å²) in [5.74, 6) is 0. The Balaban J connectivity index is -0.0000000150. The van der Waals surface area contributed by atoms with Gasteiger partial charge in [0.15, 0.2) is 0 Å². The fourth-order valence-corrected chi connectivity index (χ4v) is 0. The normalized spacial score (nSPS) is 3.43. The largest absolute Gasteiger partial charge is 0.356 e. The zero-order valence-electron chi connectivity index (χ0n) is 2.90. The molecule has 48 valence electrons. The molecule has 0 saturated heterocycles. The van der Waals surface area contributed by atoms with Crippen molar-refractivity contribution < 1.29 is 5.09 Å². The summed E-state index contributed by atoms with van der Waals surface area (Å²) in [6.07, 6.45) is 0. The Morgan fingerprint density at radius 3 is 1.29 bits per heavy atom. The van der Waals surface area contributed by atoms with Gasteiger partial charge in [-0.2, -0.15) is 0 Å². The second-order valence-corrected chi connectivity index (χ2v) is 0.224. The molecule has 0 bridgehead atoms. The summed E-state index contributed by atoms with van der Waals surface area (Å²) < 4.78 is 0. The smallest absolute Gasteiger partial charge is 0.0689 e. The van der Waals surface area contributed by atoms with E-state index in [1.165, 1.54) is 0 Å². The molecule has 0 fully saturated rings. The third kappa shape index (κ3) is 302. The number of nitrogens with zero attached hydrogens (tertiary/aromatic N) is 1. The molecule has 0 unspecified atom stereocenters. The molecule has 4 nitrogen and oxygen atoms in total. The molecule has 0 atom stereocenters. The van der Waals surface area contributed by atoms with Gasteiger partial charge in [0, 0.05) is 0 Å². The van der Waals surface area contributed by atoms with Gasteiger partial charge >= 0.3 is 0 Å². The summed E-state index contributed by atoms with van der Waals surface area (Å²) in [5, 5.41) is 14.8. The lowest BCUT2D eigenvalue weighted by atomic mass is 13.1. The van der Waals surface area contributed by atoms with E-state index >= 15 is 0 Å². The summed E-state index contributed by atoms with van der Waals surface area (Å²) in [6.45, 7) is 0. The van der Waals surface area contributed by atoms with Crippen LogP contribution in [-0.4, -0.2) is 5.09 Å². The fraction of sp³-hybridized carbons (Fsp3) is 0. The van der Waals surface area contributed by atoms with E-state index in [1.807, 2.05) is 0 Å². The van der Waals surface area contributed by atoms with Crippen LogP contribution in [0.2, 0.25) is 0 Å². The maximum Gasteiger partial charge on any atom is 0.0689 e. The van der Waals surface area contributed by atoms with E-state index in [1.54, 1.807) is 0 Å². The van der Waals surface area contributed by atoms with Gasteiger partial charge in [0.25, 0.3) is 0 Å². The van der Waals surface area contributed by atoms with Crippen molar-refractivity contribution in [2.24, 2.45) is 0 Å². The third-order valence-corrected chi connectivity index (χ3v) is 0. The van der Waals surface area contributed by atoms with Gasteiger partial charge < -0.3 is 15.3 Å². The van der Waals surface area contributed by atoms with Gasteiger partial charge in [-0.3, -0.25) is 0 Å². The van der Waals surface area contributed by atoms with E-state index in [4.69, 9.17) is 15.3 Å². The molecule has 7 heavy (non-hydrogen) atoms. The van der Waals surface area contributed by atoms with Crippen LogP contribution in [0.15, 0.2) is 0 Å². The highest BCUT2D eigenvalue weighted by atomic mass is 127. The number of halogens is 3. The van der Waals surface area contributed by atoms with Crippen LogP contribution in [0.25, 0.3) is 0 Å². The van der Waals surface area contributed by atoms with Crippen LogP contribution in [0, 0.1) is 15.3 Å². The van der Waals surface area contributed by atoms with E-state index in [2.05, 4.69) is 0 Å². The zero-order chi connectivity index (χ0) is 3.58. The Kier molecular flexibility index (Phi) is 57.4. The lowest BCUT2D eigenvalue weighted by Crippen LogP contribution is -1.74. The molecule has 0 aliphatic rings. The Labute approximate surface area is 73.6 Å². The molecular weight excluding hydrogens is 304 g/mol. The Hall–Kier alpha value is 0.700. The molecule has 0 aliphatic carbocycles. The maximum atomic E-state index is 8.25. The van der Waals surface area contributed by atoms with Crippen LogP contribution in [0.5, 0.6) is 0 Å². The number of hydrogen-bond donors (Lipinski definition) is 0. The molecule has 0 aromatic rings. The Morgan fingerprint density at radius 2 is 1.29 bits per heavy atom. The molecule has 0 aromatic heterocycles. The van der Waals surface area contributed by atoms with Gasteiger partial charge in [-0.05, 0) is 0 Å². The molecule has 7 heteroatoms.